The number of halogens is 1. The molecule has 0 bridgehead atoms. The highest BCUT2D eigenvalue weighted by Crippen LogP contribution is 2.33. The van der Waals surface area contributed by atoms with Crippen molar-refractivity contribution in [3.8, 4) is 0 Å². The summed E-state index contributed by atoms with van der Waals surface area (Å²) < 4.78 is 13.1. The number of hydrogen-bond acceptors (Lipinski definition) is 3. The third-order valence-corrected chi connectivity index (χ3v) is 6.46. The maximum atomic E-state index is 13.1. The first-order valence-electron chi connectivity index (χ1n) is 10.2. The molecule has 3 aliphatic rings. The summed E-state index contributed by atoms with van der Waals surface area (Å²) in [4.78, 5) is 17.3. The lowest BCUT2D eigenvalue weighted by molar-refractivity contribution is -0.142. The lowest BCUT2D eigenvalue weighted by atomic mass is 9.82. The molecule has 0 aromatic heterocycles. The molecule has 0 spiro atoms. The van der Waals surface area contributed by atoms with Crippen molar-refractivity contribution in [3.63, 3.8) is 0 Å². The fourth-order valence-corrected chi connectivity index (χ4v) is 5.00. The Hall–Kier alpha value is -1.46. The van der Waals surface area contributed by atoms with Crippen molar-refractivity contribution in [3.05, 3.63) is 35.6 Å². The van der Waals surface area contributed by atoms with Crippen molar-refractivity contribution < 1.29 is 9.18 Å². The molecular formula is C21H30FN3O. The van der Waals surface area contributed by atoms with Crippen LogP contribution in [-0.2, 0) is 11.3 Å². The number of hydrogen-bond donors (Lipinski definition) is 1. The molecule has 142 valence electrons. The molecule has 4 rings (SSSR count). The number of likely N-dealkylation sites (tertiary alicyclic amines) is 2. The fourth-order valence-electron chi connectivity index (χ4n) is 5.00. The third kappa shape index (κ3) is 4.09. The fraction of sp³-hybridized carbons (Fsp3) is 0.667. The van der Waals surface area contributed by atoms with Gasteiger partial charge in [0.15, 0.2) is 0 Å². The molecule has 3 fully saturated rings. The van der Waals surface area contributed by atoms with E-state index in [0.29, 0.717) is 30.2 Å². The number of piperidine rings is 3. The van der Waals surface area contributed by atoms with Crippen LogP contribution in [0.1, 0.15) is 37.7 Å². The van der Waals surface area contributed by atoms with Crippen molar-refractivity contribution >= 4 is 5.91 Å². The van der Waals surface area contributed by atoms with Crippen molar-refractivity contribution in [2.75, 3.05) is 32.7 Å². The van der Waals surface area contributed by atoms with Gasteiger partial charge in [-0.15, -0.1) is 0 Å². The van der Waals surface area contributed by atoms with E-state index in [1.165, 1.54) is 18.4 Å². The van der Waals surface area contributed by atoms with E-state index in [4.69, 9.17) is 0 Å². The molecule has 4 nitrogen and oxygen atoms in total. The van der Waals surface area contributed by atoms with Gasteiger partial charge >= 0.3 is 0 Å². The molecule has 1 aromatic rings. The lowest BCUT2D eigenvalue weighted by Crippen LogP contribution is -2.57. The molecule has 0 radical (unpaired) electrons. The van der Waals surface area contributed by atoms with Crippen LogP contribution in [0.2, 0.25) is 0 Å². The molecule has 0 saturated carbocycles. The maximum Gasteiger partial charge on any atom is 0.222 e. The van der Waals surface area contributed by atoms with Crippen molar-refractivity contribution in [1.29, 1.82) is 0 Å². The number of carbonyl (C=O) groups excluding carboxylic acids is 1. The highest BCUT2D eigenvalue weighted by atomic mass is 19.1. The first kappa shape index (κ1) is 17.9. The first-order valence-corrected chi connectivity index (χ1v) is 10.2. The van der Waals surface area contributed by atoms with Gasteiger partial charge in [0.05, 0.1) is 0 Å². The molecule has 3 heterocycles. The van der Waals surface area contributed by atoms with Crippen LogP contribution < -0.4 is 5.32 Å². The van der Waals surface area contributed by atoms with Crippen molar-refractivity contribution in [2.45, 2.75) is 44.7 Å². The average molecular weight is 359 g/mol. The van der Waals surface area contributed by atoms with Gasteiger partial charge in [-0.25, -0.2) is 4.39 Å². The number of fused-ring (bicyclic) bond motifs is 1. The molecule has 1 aromatic carbocycles. The van der Waals surface area contributed by atoms with Gasteiger partial charge in [0.1, 0.15) is 5.82 Å². The van der Waals surface area contributed by atoms with Gasteiger partial charge < -0.3 is 10.2 Å². The summed E-state index contributed by atoms with van der Waals surface area (Å²) in [5.74, 6) is 1.45. The quantitative estimate of drug-likeness (QED) is 0.898. The summed E-state index contributed by atoms with van der Waals surface area (Å²) in [5.41, 5.74) is 1.17. The van der Waals surface area contributed by atoms with Crippen LogP contribution in [0.3, 0.4) is 0 Å². The average Bonchev–Trinajstić information content (AvgIpc) is 2.67. The van der Waals surface area contributed by atoms with E-state index >= 15 is 0 Å². The van der Waals surface area contributed by atoms with Gasteiger partial charge in [0.25, 0.3) is 0 Å². The number of benzene rings is 1. The zero-order valence-corrected chi connectivity index (χ0v) is 15.5. The first-order chi connectivity index (χ1) is 12.7. The van der Waals surface area contributed by atoms with Crippen LogP contribution in [0.4, 0.5) is 4.39 Å². The summed E-state index contributed by atoms with van der Waals surface area (Å²) in [6, 6.07) is 7.28. The van der Waals surface area contributed by atoms with E-state index in [9.17, 15) is 9.18 Å². The summed E-state index contributed by atoms with van der Waals surface area (Å²) in [5, 5.41) is 3.42. The zero-order valence-electron chi connectivity index (χ0n) is 15.5. The van der Waals surface area contributed by atoms with Crippen molar-refractivity contribution in [2.24, 2.45) is 11.8 Å². The van der Waals surface area contributed by atoms with E-state index < -0.39 is 0 Å². The number of rotatable bonds is 4. The largest absolute Gasteiger partial charge is 0.339 e. The summed E-state index contributed by atoms with van der Waals surface area (Å²) >= 11 is 0. The Morgan fingerprint density at radius 3 is 2.62 bits per heavy atom. The van der Waals surface area contributed by atoms with E-state index in [1.807, 2.05) is 12.1 Å². The standard InChI is InChI=1S/C21H30FN3O/c22-19-4-1-16(2-5-19)13-24-12-9-20-18(15-24)3-6-21(26)25(20)14-17-7-10-23-11-8-17/h1-2,4-5,17-18,20,23H,3,6-15H2/t18-,20+/m1/s1. The van der Waals surface area contributed by atoms with Crippen LogP contribution in [0.5, 0.6) is 0 Å². The molecule has 2 atom stereocenters. The van der Waals surface area contributed by atoms with E-state index in [0.717, 1.165) is 52.1 Å². The second-order valence-electron chi connectivity index (χ2n) is 8.26. The molecule has 3 aliphatic heterocycles. The van der Waals surface area contributed by atoms with Crippen LogP contribution in [0, 0.1) is 17.7 Å². The Kier molecular flexibility index (Phi) is 5.55. The van der Waals surface area contributed by atoms with Crippen LogP contribution in [0.15, 0.2) is 24.3 Å². The second kappa shape index (κ2) is 8.05. The normalized spacial score (nSPS) is 28.2. The Morgan fingerprint density at radius 2 is 1.85 bits per heavy atom. The highest BCUT2D eigenvalue weighted by molar-refractivity contribution is 5.77. The monoisotopic (exact) mass is 359 g/mol. The van der Waals surface area contributed by atoms with Gasteiger partial charge in [-0.05, 0) is 68.3 Å². The Morgan fingerprint density at radius 1 is 1.08 bits per heavy atom. The van der Waals surface area contributed by atoms with Crippen molar-refractivity contribution in [1.82, 2.24) is 15.1 Å². The molecule has 1 N–H and O–H groups in total. The predicted octanol–water partition coefficient (Wildman–Crippen LogP) is 2.64. The predicted molar refractivity (Wildman–Crippen MR) is 100 cm³/mol. The lowest BCUT2D eigenvalue weighted by Gasteiger charge is -2.48. The van der Waals surface area contributed by atoms with Crippen LogP contribution >= 0.6 is 0 Å². The Bertz CT molecular complexity index is 614. The summed E-state index contributed by atoms with van der Waals surface area (Å²) in [6.45, 7) is 6.09. The number of amides is 1. The van der Waals surface area contributed by atoms with Crippen LogP contribution in [-0.4, -0.2) is 54.5 Å². The van der Waals surface area contributed by atoms with Gasteiger partial charge in [-0.2, -0.15) is 0 Å². The molecular weight excluding hydrogens is 329 g/mol. The SMILES string of the molecule is O=C1CC[C@@H]2CN(Cc3ccc(F)cc3)CC[C@@H]2N1CC1CCNCC1. The molecule has 1 amide bonds. The second-order valence-corrected chi connectivity index (χ2v) is 8.26. The molecule has 5 heteroatoms. The topological polar surface area (TPSA) is 35.6 Å². The number of nitrogens with zero attached hydrogens (tertiary/aromatic N) is 2. The number of carbonyl (C=O) groups is 1. The van der Waals surface area contributed by atoms with Gasteiger partial charge in [-0.3, -0.25) is 9.69 Å². The molecule has 3 saturated heterocycles. The molecule has 26 heavy (non-hydrogen) atoms. The maximum absolute atomic E-state index is 13.1. The highest BCUT2D eigenvalue weighted by Gasteiger charge is 2.39. The Labute approximate surface area is 155 Å². The third-order valence-electron chi connectivity index (χ3n) is 6.46. The minimum absolute atomic E-state index is 0.174. The number of nitrogens with one attached hydrogen (secondary N) is 1. The Balaban J connectivity index is 1.36. The summed E-state index contributed by atoms with van der Waals surface area (Å²) in [7, 11) is 0. The van der Waals surface area contributed by atoms with E-state index in [-0.39, 0.29) is 5.82 Å². The smallest absolute Gasteiger partial charge is 0.222 e. The summed E-state index contributed by atoms with van der Waals surface area (Å²) in [6.07, 6.45) is 5.18. The minimum Gasteiger partial charge on any atom is -0.339 e. The van der Waals surface area contributed by atoms with Gasteiger partial charge in [0, 0.05) is 38.6 Å². The van der Waals surface area contributed by atoms with E-state index in [2.05, 4.69) is 15.1 Å². The molecule has 0 unspecified atom stereocenters. The zero-order chi connectivity index (χ0) is 17.9. The van der Waals surface area contributed by atoms with Gasteiger partial charge in [0.2, 0.25) is 5.91 Å². The van der Waals surface area contributed by atoms with Gasteiger partial charge in [-0.1, -0.05) is 12.1 Å². The molecule has 0 aliphatic carbocycles. The van der Waals surface area contributed by atoms with E-state index in [1.54, 1.807) is 12.1 Å². The minimum atomic E-state index is -0.174. The van der Waals surface area contributed by atoms with Crippen LogP contribution in [0.25, 0.3) is 0 Å².